The molecule has 108 valence electrons. The van der Waals surface area contributed by atoms with Crippen LogP contribution in [0.25, 0.3) is 0 Å². The van der Waals surface area contributed by atoms with Crippen molar-refractivity contribution in [3.8, 4) is 5.75 Å². The predicted molar refractivity (Wildman–Crippen MR) is 82.7 cm³/mol. The largest absolute Gasteiger partial charge is 0.493 e. The second-order valence-corrected chi connectivity index (χ2v) is 6.17. The fourth-order valence-corrected chi connectivity index (χ4v) is 1.89. The van der Waals surface area contributed by atoms with Crippen LogP contribution in [0.2, 0.25) is 0 Å². The van der Waals surface area contributed by atoms with Gasteiger partial charge in [0.15, 0.2) is 0 Å². The quantitative estimate of drug-likeness (QED) is 0.760. The van der Waals surface area contributed by atoms with Crippen molar-refractivity contribution in [1.82, 2.24) is 5.32 Å². The van der Waals surface area contributed by atoms with Crippen molar-refractivity contribution in [2.75, 3.05) is 13.2 Å². The fourth-order valence-electron chi connectivity index (χ4n) is 1.89. The highest BCUT2D eigenvalue weighted by atomic mass is 16.5. The molecule has 0 spiro atoms. The first kappa shape index (κ1) is 16.0. The van der Waals surface area contributed by atoms with E-state index in [0.717, 1.165) is 31.9 Å². The lowest BCUT2D eigenvalue weighted by Gasteiger charge is -2.14. The van der Waals surface area contributed by atoms with E-state index in [4.69, 9.17) is 4.74 Å². The van der Waals surface area contributed by atoms with Crippen molar-refractivity contribution in [2.24, 2.45) is 11.8 Å². The van der Waals surface area contributed by atoms with Gasteiger partial charge in [-0.3, -0.25) is 0 Å². The Bertz CT molecular complexity index is 372. The summed E-state index contributed by atoms with van der Waals surface area (Å²) in [6.45, 7) is 13.8. The summed E-state index contributed by atoms with van der Waals surface area (Å²) in [5.74, 6) is 2.39. The van der Waals surface area contributed by atoms with E-state index in [1.165, 1.54) is 11.1 Å². The van der Waals surface area contributed by atoms with E-state index in [9.17, 15) is 0 Å². The standard InChI is InChI=1S/C17H29NO/c1-13(2)8-9-19-17-7-6-15(5)10-16(17)12-18-11-14(3)4/h6-7,10,13-14,18H,8-9,11-12H2,1-5H3. The molecule has 1 N–H and O–H groups in total. The highest BCUT2D eigenvalue weighted by Gasteiger charge is 2.05. The maximum Gasteiger partial charge on any atom is 0.123 e. The van der Waals surface area contributed by atoms with Gasteiger partial charge >= 0.3 is 0 Å². The Hall–Kier alpha value is -1.02. The molecule has 1 rings (SSSR count). The highest BCUT2D eigenvalue weighted by Crippen LogP contribution is 2.20. The van der Waals surface area contributed by atoms with Gasteiger partial charge in [0.25, 0.3) is 0 Å². The summed E-state index contributed by atoms with van der Waals surface area (Å²) in [6, 6.07) is 6.44. The van der Waals surface area contributed by atoms with E-state index >= 15 is 0 Å². The number of nitrogens with one attached hydrogen (secondary N) is 1. The molecule has 0 aliphatic carbocycles. The maximum absolute atomic E-state index is 5.92. The first-order valence-corrected chi connectivity index (χ1v) is 7.42. The van der Waals surface area contributed by atoms with Crippen LogP contribution in [-0.2, 0) is 6.54 Å². The number of hydrogen-bond donors (Lipinski definition) is 1. The van der Waals surface area contributed by atoms with Gasteiger partial charge in [-0.2, -0.15) is 0 Å². The second kappa shape index (κ2) is 8.21. The minimum atomic E-state index is 0.676. The minimum absolute atomic E-state index is 0.676. The molecule has 2 heteroatoms. The van der Waals surface area contributed by atoms with Gasteiger partial charge in [-0.15, -0.1) is 0 Å². The summed E-state index contributed by atoms with van der Waals surface area (Å²) >= 11 is 0. The molecule has 1 aromatic carbocycles. The van der Waals surface area contributed by atoms with Gasteiger partial charge < -0.3 is 10.1 Å². The number of benzene rings is 1. The average molecular weight is 263 g/mol. The highest BCUT2D eigenvalue weighted by molar-refractivity contribution is 5.36. The molecular formula is C17H29NO. The van der Waals surface area contributed by atoms with Crippen molar-refractivity contribution in [3.05, 3.63) is 29.3 Å². The molecule has 0 bridgehead atoms. The zero-order valence-corrected chi connectivity index (χ0v) is 13.1. The lowest BCUT2D eigenvalue weighted by Crippen LogP contribution is -2.19. The number of hydrogen-bond acceptors (Lipinski definition) is 2. The van der Waals surface area contributed by atoms with Crippen LogP contribution in [0.1, 0.15) is 45.2 Å². The molecule has 0 unspecified atom stereocenters. The van der Waals surface area contributed by atoms with Gasteiger partial charge in [-0.05, 0) is 37.8 Å². The van der Waals surface area contributed by atoms with E-state index in [1.54, 1.807) is 0 Å². The SMILES string of the molecule is Cc1ccc(OCCC(C)C)c(CNCC(C)C)c1. The van der Waals surface area contributed by atoms with Crippen LogP contribution in [-0.4, -0.2) is 13.2 Å². The minimum Gasteiger partial charge on any atom is -0.493 e. The number of ether oxygens (including phenoxy) is 1. The van der Waals surface area contributed by atoms with Gasteiger partial charge in [0, 0.05) is 12.1 Å². The van der Waals surface area contributed by atoms with Gasteiger partial charge in [0.05, 0.1) is 6.61 Å². The average Bonchev–Trinajstić information content (AvgIpc) is 2.31. The lowest BCUT2D eigenvalue weighted by molar-refractivity contribution is 0.286. The molecule has 0 aliphatic heterocycles. The molecule has 0 fully saturated rings. The summed E-state index contributed by atoms with van der Waals surface area (Å²) in [7, 11) is 0. The van der Waals surface area contributed by atoms with Crippen LogP contribution in [0.5, 0.6) is 5.75 Å². The van der Waals surface area contributed by atoms with E-state index in [2.05, 4.69) is 58.1 Å². The Labute approximate surface area is 118 Å². The smallest absolute Gasteiger partial charge is 0.123 e. The molecule has 0 amide bonds. The maximum atomic E-state index is 5.92. The summed E-state index contributed by atoms with van der Waals surface area (Å²) < 4.78 is 5.92. The Morgan fingerprint density at radius 3 is 2.47 bits per heavy atom. The molecule has 0 heterocycles. The van der Waals surface area contributed by atoms with Crippen LogP contribution in [0, 0.1) is 18.8 Å². The zero-order valence-electron chi connectivity index (χ0n) is 13.1. The van der Waals surface area contributed by atoms with Crippen LogP contribution >= 0.6 is 0 Å². The van der Waals surface area contributed by atoms with Crippen molar-refractivity contribution in [2.45, 2.75) is 47.6 Å². The molecule has 0 radical (unpaired) electrons. The van der Waals surface area contributed by atoms with Gasteiger partial charge in [-0.1, -0.05) is 45.4 Å². The van der Waals surface area contributed by atoms with Crippen LogP contribution in [0.3, 0.4) is 0 Å². The third kappa shape index (κ3) is 6.63. The van der Waals surface area contributed by atoms with Gasteiger partial charge in [-0.25, -0.2) is 0 Å². The molecule has 0 saturated carbocycles. The molecule has 19 heavy (non-hydrogen) atoms. The summed E-state index contributed by atoms with van der Waals surface area (Å²) in [5, 5.41) is 3.49. The molecule has 0 atom stereocenters. The Morgan fingerprint density at radius 2 is 1.84 bits per heavy atom. The third-order valence-corrected chi connectivity index (χ3v) is 3.04. The summed E-state index contributed by atoms with van der Waals surface area (Å²) in [5.41, 5.74) is 2.56. The van der Waals surface area contributed by atoms with E-state index in [1.807, 2.05) is 0 Å². The fraction of sp³-hybridized carbons (Fsp3) is 0.647. The normalized spacial score (nSPS) is 11.3. The van der Waals surface area contributed by atoms with Crippen molar-refractivity contribution >= 4 is 0 Å². The number of aryl methyl sites for hydroxylation is 1. The first-order valence-electron chi connectivity index (χ1n) is 7.42. The second-order valence-electron chi connectivity index (χ2n) is 6.17. The zero-order chi connectivity index (χ0) is 14.3. The van der Waals surface area contributed by atoms with Crippen LogP contribution in [0.4, 0.5) is 0 Å². The van der Waals surface area contributed by atoms with Crippen molar-refractivity contribution in [3.63, 3.8) is 0 Å². The molecule has 0 aliphatic rings. The van der Waals surface area contributed by atoms with Crippen molar-refractivity contribution < 1.29 is 4.74 Å². The molecule has 0 saturated heterocycles. The summed E-state index contributed by atoms with van der Waals surface area (Å²) in [6.07, 6.45) is 1.10. The predicted octanol–water partition coefficient (Wildman–Crippen LogP) is 4.17. The van der Waals surface area contributed by atoms with E-state index in [-0.39, 0.29) is 0 Å². The van der Waals surface area contributed by atoms with Crippen LogP contribution < -0.4 is 10.1 Å². The Balaban J connectivity index is 2.58. The van der Waals surface area contributed by atoms with Gasteiger partial charge in [0.2, 0.25) is 0 Å². The monoisotopic (exact) mass is 263 g/mol. The van der Waals surface area contributed by atoms with Gasteiger partial charge in [0.1, 0.15) is 5.75 Å². The van der Waals surface area contributed by atoms with E-state index in [0.29, 0.717) is 11.8 Å². The molecule has 1 aromatic rings. The first-order chi connectivity index (χ1) is 8.99. The third-order valence-electron chi connectivity index (χ3n) is 3.04. The Morgan fingerprint density at radius 1 is 1.11 bits per heavy atom. The van der Waals surface area contributed by atoms with Crippen LogP contribution in [0.15, 0.2) is 18.2 Å². The molecular weight excluding hydrogens is 234 g/mol. The summed E-state index contributed by atoms with van der Waals surface area (Å²) in [4.78, 5) is 0. The lowest BCUT2D eigenvalue weighted by atomic mass is 10.1. The van der Waals surface area contributed by atoms with Crippen molar-refractivity contribution in [1.29, 1.82) is 0 Å². The molecule has 2 nitrogen and oxygen atoms in total. The molecule has 0 aromatic heterocycles. The Kier molecular flexibility index (Phi) is 6.93. The topological polar surface area (TPSA) is 21.3 Å². The number of rotatable bonds is 8. The van der Waals surface area contributed by atoms with E-state index < -0.39 is 0 Å².